The van der Waals surface area contributed by atoms with Crippen LogP contribution in [0.5, 0.6) is 5.75 Å². The Morgan fingerprint density at radius 1 is 1.33 bits per heavy atom. The number of anilines is 1. The first-order valence-corrected chi connectivity index (χ1v) is 7.80. The molecule has 1 fully saturated rings. The third kappa shape index (κ3) is 2.33. The van der Waals surface area contributed by atoms with E-state index in [9.17, 15) is 0 Å². The fourth-order valence-electron chi connectivity index (χ4n) is 2.40. The fraction of sp³-hybridized carbons (Fsp3) is 0.357. The van der Waals surface area contributed by atoms with E-state index < -0.39 is 0 Å². The summed E-state index contributed by atoms with van der Waals surface area (Å²) in [6.45, 7) is 0.418. The average Bonchev–Trinajstić information content (AvgIpc) is 2.96. The molecule has 0 spiro atoms. The molecule has 1 aromatic carbocycles. The second-order valence-corrected chi connectivity index (χ2v) is 6.28. The number of rotatable bonds is 4. The number of hydrogen-bond donors (Lipinski definition) is 1. The highest BCUT2D eigenvalue weighted by atomic mass is 32.1. The molecule has 3 aromatic rings. The van der Waals surface area contributed by atoms with Gasteiger partial charge in [0.05, 0.1) is 0 Å². The normalized spacial score (nSPS) is 15.2. The van der Waals surface area contributed by atoms with E-state index in [4.69, 9.17) is 10.5 Å². The Hall–Kier alpha value is -2.15. The quantitative estimate of drug-likeness (QED) is 0.749. The van der Waals surface area contributed by atoms with E-state index in [2.05, 4.69) is 15.3 Å². The summed E-state index contributed by atoms with van der Waals surface area (Å²) in [7, 11) is 0. The highest BCUT2D eigenvalue weighted by Gasteiger charge is 2.26. The van der Waals surface area contributed by atoms with Gasteiger partial charge in [0, 0.05) is 17.7 Å². The van der Waals surface area contributed by atoms with E-state index in [1.807, 2.05) is 22.7 Å². The maximum Gasteiger partial charge on any atom is 0.234 e. The van der Waals surface area contributed by atoms with Crippen LogP contribution in [-0.2, 0) is 6.61 Å². The van der Waals surface area contributed by atoms with Gasteiger partial charge in [-0.1, -0.05) is 23.8 Å². The van der Waals surface area contributed by atoms with Gasteiger partial charge < -0.3 is 10.5 Å². The molecule has 0 unspecified atom stereocenters. The fourth-order valence-corrected chi connectivity index (χ4v) is 3.15. The van der Waals surface area contributed by atoms with Crippen molar-refractivity contribution in [3.8, 4) is 5.75 Å². The third-order valence-electron chi connectivity index (χ3n) is 3.75. The predicted molar refractivity (Wildman–Crippen MR) is 80.4 cm³/mol. The molecule has 2 aromatic heterocycles. The van der Waals surface area contributed by atoms with Crippen molar-refractivity contribution < 1.29 is 4.74 Å². The summed E-state index contributed by atoms with van der Waals surface area (Å²) in [5.74, 6) is 2.26. The second kappa shape index (κ2) is 5.00. The first kappa shape index (κ1) is 12.6. The van der Waals surface area contributed by atoms with Crippen LogP contribution in [0.1, 0.15) is 36.0 Å². The molecule has 0 saturated heterocycles. The van der Waals surface area contributed by atoms with Crippen molar-refractivity contribution >= 4 is 22.0 Å². The smallest absolute Gasteiger partial charge is 0.234 e. The molecule has 0 bridgehead atoms. The molecule has 7 heteroatoms. The van der Waals surface area contributed by atoms with Crippen LogP contribution in [0, 0.1) is 0 Å². The highest BCUT2D eigenvalue weighted by molar-refractivity contribution is 7.16. The Kier molecular flexibility index (Phi) is 2.99. The standard InChI is InChI=1S/C14H15N5OS/c15-10-5-2-6-11(7-10)20-8-12-18-19-13(9-3-1-4-9)16-17-14(19)21-12/h2,5-7,9H,1,3-4,8,15H2. The maximum atomic E-state index is 5.73. The number of hydrogen-bond acceptors (Lipinski definition) is 6. The molecule has 0 radical (unpaired) electrons. The summed E-state index contributed by atoms with van der Waals surface area (Å²) < 4.78 is 7.59. The Morgan fingerprint density at radius 3 is 3.00 bits per heavy atom. The lowest BCUT2D eigenvalue weighted by Crippen LogP contribution is -2.13. The van der Waals surface area contributed by atoms with E-state index in [1.165, 1.54) is 30.6 Å². The number of nitrogens with zero attached hydrogens (tertiary/aromatic N) is 4. The maximum absolute atomic E-state index is 5.73. The van der Waals surface area contributed by atoms with E-state index >= 15 is 0 Å². The summed E-state index contributed by atoms with van der Waals surface area (Å²) in [6, 6.07) is 7.40. The number of ether oxygens (including phenoxy) is 1. The molecule has 108 valence electrons. The average molecular weight is 301 g/mol. The highest BCUT2D eigenvalue weighted by Crippen LogP contribution is 2.35. The van der Waals surface area contributed by atoms with Gasteiger partial charge in [-0.05, 0) is 25.0 Å². The number of aromatic nitrogens is 4. The van der Waals surface area contributed by atoms with Crippen LogP contribution in [0.4, 0.5) is 5.69 Å². The first-order valence-electron chi connectivity index (χ1n) is 6.99. The van der Waals surface area contributed by atoms with Gasteiger partial charge in [-0.3, -0.25) is 0 Å². The number of fused-ring (bicyclic) bond motifs is 1. The Labute approximate surface area is 125 Å². The molecule has 1 aliphatic carbocycles. The monoisotopic (exact) mass is 301 g/mol. The van der Waals surface area contributed by atoms with Crippen LogP contribution in [0.2, 0.25) is 0 Å². The largest absolute Gasteiger partial charge is 0.486 e. The number of nitrogen functional groups attached to an aromatic ring is 1. The number of nitrogens with two attached hydrogens (primary N) is 1. The van der Waals surface area contributed by atoms with Crippen LogP contribution in [0.3, 0.4) is 0 Å². The molecule has 21 heavy (non-hydrogen) atoms. The summed E-state index contributed by atoms with van der Waals surface area (Å²) in [4.78, 5) is 0.836. The molecule has 6 nitrogen and oxygen atoms in total. The van der Waals surface area contributed by atoms with Crippen LogP contribution in [-0.4, -0.2) is 19.8 Å². The summed E-state index contributed by atoms with van der Waals surface area (Å²) in [6.07, 6.45) is 3.65. The second-order valence-electron chi connectivity index (χ2n) is 5.24. The van der Waals surface area contributed by atoms with Crippen LogP contribution < -0.4 is 10.5 Å². The van der Waals surface area contributed by atoms with Gasteiger partial charge in [0.1, 0.15) is 12.4 Å². The molecular weight excluding hydrogens is 286 g/mol. The minimum atomic E-state index is 0.418. The van der Waals surface area contributed by atoms with Crippen molar-refractivity contribution in [1.29, 1.82) is 0 Å². The van der Waals surface area contributed by atoms with E-state index in [0.717, 1.165) is 21.5 Å². The van der Waals surface area contributed by atoms with Gasteiger partial charge in [0.2, 0.25) is 4.96 Å². The van der Waals surface area contributed by atoms with Gasteiger partial charge in [0.25, 0.3) is 0 Å². The molecule has 1 aliphatic rings. The zero-order valence-electron chi connectivity index (χ0n) is 11.4. The summed E-state index contributed by atoms with van der Waals surface area (Å²) in [5.41, 5.74) is 6.42. The molecule has 4 rings (SSSR count). The summed E-state index contributed by atoms with van der Waals surface area (Å²) in [5, 5.41) is 13.9. The van der Waals surface area contributed by atoms with Crippen molar-refractivity contribution in [3.05, 3.63) is 35.1 Å². The van der Waals surface area contributed by atoms with Crippen molar-refractivity contribution in [1.82, 2.24) is 19.8 Å². The molecule has 1 saturated carbocycles. The first-order chi connectivity index (χ1) is 10.3. The van der Waals surface area contributed by atoms with E-state index in [1.54, 1.807) is 6.07 Å². The molecular formula is C14H15N5OS. The summed E-state index contributed by atoms with van der Waals surface area (Å²) >= 11 is 1.52. The van der Waals surface area contributed by atoms with Crippen molar-refractivity contribution in [2.45, 2.75) is 31.8 Å². The van der Waals surface area contributed by atoms with Gasteiger partial charge in [-0.25, -0.2) is 0 Å². The molecule has 0 amide bonds. The van der Waals surface area contributed by atoms with Crippen molar-refractivity contribution in [2.75, 3.05) is 5.73 Å². The lowest BCUT2D eigenvalue weighted by Gasteiger charge is -2.22. The Balaban J connectivity index is 1.52. The molecule has 0 atom stereocenters. The van der Waals surface area contributed by atoms with Gasteiger partial charge in [-0.15, -0.1) is 10.2 Å². The van der Waals surface area contributed by atoms with Crippen LogP contribution >= 0.6 is 11.3 Å². The lowest BCUT2D eigenvalue weighted by molar-refractivity contribution is 0.303. The minimum Gasteiger partial charge on any atom is -0.486 e. The molecule has 2 N–H and O–H groups in total. The van der Waals surface area contributed by atoms with Crippen molar-refractivity contribution in [3.63, 3.8) is 0 Å². The Morgan fingerprint density at radius 2 is 2.24 bits per heavy atom. The number of benzene rings is 1. The zero-order valence-corrected chi connectivity index (χ0v) is 12.2. The van der Waals surface area contributed by atoms with Gasteiger partial charge >= 0.3 is 0 Å². The van der Waals surface area contributed by atoms with Crippen molar-refractivity contribution in [2.24, 2.45) is 0 Å². The van der Waals surface area contributed by atoms with Crippen LogP contribution in [0.25, 0.3) is 4.96 Å². The lowest BCUT2D eigenvalue weighted by atomic mass is 9.85. The third-order valence-corrected chi connectivity index (χ3v) is 4.62. The Bertz CT molecular complexity index is 777. The molecule has 0 aliphatic heterocycles. The minimum absolute atomic E-state index is 0.418. The zero-order chi connectivity index (χ0) is 14.2. The predicted octanol–water partition coefficient (Wildman–Crippen LogP) is 2.61. The van der Waals surface area contributed by atoms with E-state index in [-0.39, 0.29) is 0 Å². The van der Waals surface area contributed by atoms with Gasteiger partial charge in [-0.2, -0.15) is 9.61 Å². The van der Waals surface area contributed by atoms with E-state index in [0.29, 0.717) is 18.2 Å². The topological polar surface area (TPSA) is 78.3 Å². The van der Waals surface area contributed by atoms with Gasteiger partial charge in [0.15, 0.2) is 10.8 Å². The molecule has 2 heterocycles. The van der Waals surface area contributed by atoms with Crippen LogP contribution in [0.15, 0.2) is 24.3 Å². The SMILES string of the molecule is Nc1cccc(OCc2nn3c(C4CCC4)nnc3s2)c1.